The van der Waals surface area contributed by atoms with E-state index in [9.17, 15) is 9.90 Å². The summed E-state index contributed by atoms with van der Waals surface area (Å²) in [6, 6.07) is 2.16. The van der Waals surface area contributed by atoms with Crippen molar-refractivity contribution in [3.8, 4) is 0 Å². The van der Waals surface area contributed by atoms with Crippen LogP contribution in [0.5, 0.6) is 0 Å². The van der Waals surface area contributed by atoms with E-state index in [1.165, 1.54) is 10.4 Å². The number of hydrogen-bond acceptors (Lipinski definition) is 4. The Balaban J connectivity index is 1.72. The van der Waals surface area contributed by atoms with Crippen LogP contribution in [-0.2, 0) is 22.5 Å². The third-order valence-electron chi connectivity index (χ3n) is 3.97. The predicted molar refractivity (Wildman–Crippen MR) is 68.8 cm³/mol. The van der Waals surface area contributed by atoms with Gasteiger partial charge >= 0.3 is 5.97 Å². The lowest BCUT2D eigenvalue weighted by Crippen LogP contribution is -2.45. The van der Waals surface area contributed by atoms with Crippen LogP contribution in [0.1, 0.15) is 16.9 Å². The van der Waals surface area contributed by atoms with Crippen LogP contribution in [-0.4, -0.2) is 42.3 Å². The van der Waals surface area contributed by atoms with Gasteiger partial charge in [-0.15, -0.1) is 11.3 Å². The Kier molecular flexibility index (Phi) is 3.13. The molecule has 98 valence electrons. The van der Waals surface area contributed by atoms with Gasteiger partial charge in [0.15, 0.2) is 0 Å². The minimum Gasteiger partial charge on any atom is -0.481 e. The van der Waals surface area contributed by atoms with Gasteiger partial charge in [-0.1, -0.05) is 0 Å². The van der Waals surface area contributed by atoms with Gasteiger partial charge in [0.1, 0.15) is 5.41 Å². The van der Waals surface area contributed by atoms with Crippen molar-refractivity contribution in [3.63, 3.8) is 0 Å². The summed E-state index contributed by atoms with van der Waals surface area (Å²) in [7, 11) is 0. The molecular weight excluding hydrogens is 250 g/mol. The second-order valence-corrected chi connectivity index (χ2v) is 6.22. The second kappa shape index (κ2) is 4.64. The van der Waals surface area contributed by atoms with Crippen molar-refractivity contribution < 1.29 is 14.6 Å². The molecule has 0 aromatic carbocycles. The lowest BCUT2D eigenvalue weighted by molar-refractivity contribution is -0.150. The van der Waals surface area contributed by atoms with Crippen molar-refractivity contribution >= 4 is 17.3 Å². The van der Waals surface area contributed by atoms with Crippen molar-refractivity contribution in [2.75, 3.05) is 26.3 Å². The highest BCUT2D eigenvalue weighted by molar-refractivity contribution is 7.10. The summed E-state index contributed by atoms with van der Waals surface area (Å²) in [5.74, 6) is -0.712. The highest BCUT2D eigenvalue weighted by Crippen LogP contribution is 2.32. The van der Waals surface area contributed by atoms with Crippen molar-refractivity contribution in [1.29, 1.82) is 0 Å². The lowest BCUT2D eigenvalue weighted by atomic mass is 9.86. The van der Waals surface area contributed by atoms with Crippen LogP contribution in [0.3, 0.4) is 0 Å². The van der Waals surface area contributed by atoms with Gasteiger partial charge < -0.3 is 9.84 Å². The van der Waals surface area contributed by atoms with Crippen molar-refractivity contribution in [3.05, 3.63) is 21.9 Å². The molecule has 1 atom stereocenters. The molecule has 18 heavy (non-hydrogen) atoms. The van der Waals surface area contributed by atoms with Gasteiger partial charge in [-0.2, -0.15) is 0 Å². The topological polar surface area (TPSA) is 49.8 Å². The summed E-state index contributed by atoms with van der Waals surface area (Å²) < 4.78 is 5.31. The number of carboxylic acid groups (broad SMARTS) is 1. The number of hydrogen-bond donors (Lipinski definition) is 1. The zero-order chi connectivity index (χ0) is 12.6. The maximum atomic E-state index is 11.5. The molecule has 0 saturated carbocycles. The maximum absolute atomic E-state index is 11.5. The smallest absolute Gasteiger partial charge is 0.313 e. The summed E-state index contributed by atoms with van der Waals surface area (Å²) >= 11 is 1.81. The minimum absolute atomic E-state index is 0.356. The molecule has 3 rings (SSSR count). The molecule has 0 amide bonds. The van der Waals surface area contributed by atoms with E-state index in [0.717, 1.165) is 19.5 Å². The van der Waals surface area contributed by atoms with Gasteiger partial charge in [0, 0.05) is 31.1 Å². The first-order valence-corrected chi connectivity index (χ1v) is 7.16. The third-order valence-corrected chi connectivity index (χ3v) is 4.99. The Bertz CT molecular complexity index is 451. The Labute approximate surface area is 110 Å². The van der Waals surface area contributed by atoms with Gasteiger partial charge in [0.05, 0.1) is 6.61 Å². The van der Waals surface area contributed by atoms with Crippen LogP contribution >= 0.6 is 11.3 Å². The van der Waals surface area contributed by atoms with Crippen molar-refractivity contribution in [2.24, 2.45) is 5.41 Å². The van der Waals surface area contributed by atoms with E-state index in [0.29, 0.717) is 26.2 Å². The first kappa shape index (κ1) is 12.1. The molecule has 3 heterocycles. The van der Waals surface area contributed by atoms with Crippen LogP contribution in [0.4, 0.5) is 0 Å². The highest BCUT2D eigenvalue weighted by Gasteiger charge is 2.44. The fourth-order valence-electron chi connectivity index (χ4n) is 2.84. The molecule has 0 bridgehead atoms. The van der Waals surface area contributed by atoms with E-state index in [2.05, 4.69) is 16.3 Å². The van der Waals surface area contributed by atoms with Crippen molar-refractivity contribution in [2.45, 2.75) is 19.4 Å². The lowest BCUT2D eigenvalue weighted by Gasteiger charge is -2.33. The Morgan fingerprint density at radius 3 is 3.22 bits per heavy atom. The van der Waals surface area contributed by atoms with Gasteiger partial charge in [-0.3, -0.25) is 9.69 Å². The molecule has 1 aromatic rings. The molecule has 0 radical (unpaired) electrons. The van der Waals surface area contributed by atoms with Crippen LogP contribution in [0, 0.1) is 5.41 Å². The number of carboxylic acids is 1. The maximum Gasteiger partial charge on any atom is 0.313 e. The molecule has 5 heteroatoms. The number of thiophene rings is 1. The molecule has 1 aromatic heterocycles. The molecule has 2 aliphatic rings. The van der Waals surface area contributed by atoms with Crippen LogP contribution in [0.2, 0.25) is 0 Å². The van der Waals surface area contributed by atoms with Crippen LogP contribution in [0.25, 0.3) is 0 Å². The number of nitrogens with zero attached hydrogens (tertiary/aromatic N) is 1. The summed E-state index contributed by atoms with van der Waals surface area (Å²) in [6.07, 6.45) is 1.68. The minimum atomic E-state index is -0.712. The van der Waals surface area contributed by atoms with E-state index in [4.69, 9.17) is 4.74 Å². The SMILES string of the molecule is O=C(O)C1(CN2CCc3sccc3C2)CCOC1. The van der Waals surface area contributed by atoms with E-state index in [-0.39, 0.29) is 0 Å². The molecule has 1 saturated heterocycles. The average molecular weight is 267 g/mol. The van der Waals surface area contributed by atoms with Crippen LogP contribution in [0.15, 0.2) is 11.4 Å². The molecular formula is C13H17NO3S. The zero-order valence-electron chi connectivity index (χ0n) is 10.2. The summed E-state index contributed by atoms with van der Waals surface area (Å²) in [5, 5.41) is 11.6. The van der Waals surface area contributed by atoms with Crippen molar-refractivity contribution in [1.82, 2.24) is 4.90 Å². The van der Waals surface area contributed by atoms with Gasteiger partial charge in [-0.05, 0) is 29.9 Å². The fourth-order valence-corrected chi connectivity index (χ4v) is 3.73. The Hall–Kier alpha value is -0.910. The quantitative estimate of drug-likeness (QED) is 0.903. The molecule has 1 unspecified atom stereocenters. The number of carbonyl (C=O) groups is 1. The first-order valence-electron chi connectivity index (χ1n) is 6.28. The summed E-state index contributed by atoms with van der Waals surface area (Å²) in [5.41, 5.74) is 0.679. The highest BCUT2D eigenvalue weighted by atomic mass is 32.1. The first-order chi connectivity index (χ1) is 8.70. The van der Waals surface area contributed by atoms with E-state index >= 15 is 0 Å². The molecule has 1 fully saturated rings. The largest absolute Gasteiger partial charge is 0.481 e. The zero-order valence-corrected chi connectivity index (χ0v) is 11.0. The molecule has 0 spiro atoms. The fraction of sp³-hybridized carbons (Fsp3) is 0.615. The number of rotatable bonds is 3. The van der Waals surface area contributed by atoms with Crippen LogP contribution < -0.4 is 0 Å². The van der Waals surface area contributed by atoms with Gasteiger partial charge in [-0.25, -0.2) is 0 Å². The number of ether oxygens (including phenoxy) is 1. The molecule has 2 aliphatic heterocycles. The normalized spacial score (nSPS) is 28.2. The summed E-state index contributed by atoms with van der Waals surface area (Å²) in [4.78, 5) is 15.2. The molecule has 4 nitrogen and oxygen atoms in total. The molecule has 1 N–H and O–H groups in total. The molecule has 0 aliphatic carbocycles. The standard InChI is InChI=1S/C13H17NO3S/c15-12(16)13(3-5-17-9-13)8-14-4-1-11-10(7-14)2-6-18-11/h2,6H,1,3-5,7-9H2,(H,15,16). The predicted octanol–water partition coefficient (Wildman–Crippen LogP) is 1.60. The average Bonchev–Trinajstić information content (AvgIpc) is 2.97. The van der Waals surface area contributed by atoms with Gasteiger partial charge in [0.2, 0.25) is 0 Å². The van der Waals surface area contributed by atoms with E-state index < -0.39 is 11.4 Å². The summed E-state index contributed by atoms with van der Waals surface area (Å²) in [6.45, 7) is 3.38. The third kappa shape index (κ3) is 2.06. The second-order valence-electron chi connectivity index (χ2n) is 5.22. The Morgan fingerprint density at radius 1 is 1.61 bits per heavy atom. The number of aliphatic carboxylic acids is 1. The van der Waals surface area contributed by atoms with Gasteiger partial charge in [0.25, 0.3) is 0 Å². The Morgan fingerprint density at radius 2 is 2.50 bits per heavy atom. The van der Waals surface area contributed by atoms with E-state index in [1.807, 2.05) is 11.3 Å². The number of fused-ring (bicyclic) bond motifs is 1. The monoisotopic (exact) mass is 267 g/mol. The van der Waals surface area contributed by atoms with E-state index in [1.54, 1.807) is 0 Å².